The third kappa shape index (κ3) is 4.45. The van der Waals surface area contributed by atoms with Crippen LogP contribution in [-0.4, -0.2) is 37.1 Å². The number of nitrogens with zero attached hydrogens (tertiary/aromatic N) is 4. The first kappa shape index (κ1) is 19.8. The van der Waals surface area contributed by atoms with Crippen LogP contribution in [0.4, 0.5) is 5.69 Å². The van der Waals surface area contributed by atoms with Gasteiger partial charge in [0.15, 0.2) is 5.78 Å². The van der Waals surface area contributed by atoms with Crippen molar-refractivity contribution >= 4 is 29.1 Å². The van der Waals surface area contributed by atoms with Gasteiger partial charge in [0.2, 0.25) is 11.1 Å². The lowest BCUT2D eigenvalue weighted by molar-refractivity contribution is -0.114. The third-order valence-electron chi connectivity index (χ3n) is 4.29. The molecule has 28 heavy (non-hydrogen) atoms. The first-order valence-corrected chi connectivity index (χ1v) is 9.67. The van der Waals surface area contributed by atoms with Gasteiger partial charge in [0.05, 0.1) is 10.9 Å². The molecule has 144 valence electrons. The highest BCUT2D eigenvalue weighted by Crippen LogP contribution is 2.26. The van der Waals surface area contributed by atoms with Crippen molar-refractivity contribution in [2.75, 3.05) is 5.32 Å². The van der Waals surface area contributed by atoms with Gasteiger partial charge in [-0.3, -0.25) is 9.59 Å². The molecule has 1 atom stereocenters. The molecule has 3 rings (SSSR count). The van der Waals surface area contributed by atoms with Crippen molar-refractivity contribution in [2.24, 2.45) is 0 Å². The zero-order valence-electron chi connectivity index (χ0n) is 16.1. The number of anilines is 1. The van der Waals surface area contributed by atoms with Crippen LogP contribution in [0.5, 0.6) is 0 Å². The Balaban J connectivity index is 1.81. The molecule has 0 aliphatic carbocycles. The van der Waals surface area contributed by atoms with Gasteiger partial charge in [0.25, 0.3) is 0 Å². The van der Waals surface area contributed by atoms with E-state index in [0.29, 0.717) is 22.1 Å². The SMILES string of the molecule is CC(=O)Nc1cccc(-n2nnnc2SC(C)C(=O)c2ccc(C)c(C)c2)c1. The highest BCUT2D eigenvalue weighted by Gasteiger charge is 2.21. The van der Waals surface area contributed by atoms with Crippen molar-refractivity contribution < 1.29 is 9.59 Å². The van der Waals surface area contributed by atoms with Crippen molar-refractivity contribution in [1.29, 1.82) is 0 Å². The summed E-state index contributed by atoms with van der Waals surface area (Å²) in [7, 11) is 0. The number of hydrogen-bond acceptors (Lipinski definition) is 6. The third-order valence-corrected chi connectivity index (χ3v) is 5.33. The lowest BCUT2D eigenvalue weighted by Gasteiger charge is -2.12. The van der Waals surface area contributed by atoms with Crippen molar-refractivity contribution in [2.45, 2.75) is 38.1 Å². The van der Waals surface area contributed by atoms with E-state index in [4.69, 9.17) is 0 Å². The maximum atomic E-state index is 12.8. The predicted octanol–water partition coefficient (Wildman–Crippen LogP) is 3.60. The van der Waals surface area contributed by atoms with Crippen LogP contribution >= 0.6 is 11.8 Å². The number of hydrogen-bond donors (Lipinski definition) is 1. The summed E-state index contributed by atoms with van der Waals surface area (Å²) in [6.07, 6.45) is 0. The second-order valence-corrected chi connectivity index (χ2v) is 7.84. The summed E-state index contributed by atoms with van der Waals surface area (Å²) in [6.45, 7) is 7.30. The quantitative estimate of drug-likeness (QED) is 0.507. The van der Waals surface area contributed by atoms with Crippen LogP contribution in [0.3, 0.4) is 0 Å². The number of rotatable bonds is 6. The number of thioether (sulfide) groups is 1. The molecule has 0 spiro atoms. The standard InChI is InChI=1S/C20H21N5O2S/c1-12-8-9-16(10-13(12)2)19(27)14(3)28-20-22-23-24-25(20)18-7-5-6-17(11-18)21-15(4)26/h5-11,14H,1-4H3,(H,21,26). The summed E-state index contributed by atoms with van der Waals surface area (Å²) in [4.78, 5) is 24.1. The van der Waals surface area contributed by atoms with Gasteiger partial charge in [-0.05, 0) is 66.6 Å². The molecule has 8 heteroatoms. The zero-order chi connectivity index (χ0) is 20.3. The van der Waals surface area contributed by atoms with E-state index in [1.54, 1.807) is 22.9 Å². The number of ketones is 1. The van der Waals surface area contributed by atoms with Gasteiger partial charge >= 0.3 is 0 Å². The van der Waals surface area contributed by atoms with E-state index < -0.39 is 0 Å². The van der Waals surface area contributed by atoms with Gasteiger partial charge in [-0.25, -0.2) is 0 Å². The number of benzene rings is 2. The van der Waals surface area contributed by atoms with Gasteiger partial charge in [0, 0.05) is 18.2 Å². The van der Waals surface area contributed by atoms with E-state index in [1.807, 2.05) is 45.0 Å². The number of Topliss-reactive ketones (excluding diaryl/α,β-unsaturated/α-hetero) is 1. The minimum atomic E-state index is -0.356. The highest BCUT2D eigenvalue weighted by molar-refractivity contribution is 8.00. The molecule has 2 aromatic carbocycles. The Morgan fingerprint density at radius 2 is 1.89 bits per heavy atom. The molecule has 0 aliphatic rings. The van der Waals surface area contributed by atoms with Crippen molar-refractivity contribution in [3.63, 3.8) is 0 Å². The molecule has 0 aliphatic heterocycles. The monoisotopic (exact) mass is 395 g/mol. The van der Waals surface area contributed by atoms with Gasteiger partial charge < -0.3 is 5.32 Å². The van der Waals surface area contributed by atoms with Crippen LogP contribution in [0.15, 0.2) is 47.6 Å². The van der Waals surface area contributed by atoms with Gasteiger partial charge in [-0.1, -0.05) is 30.0 Å². The number of carbonyl (C=O) groups is 2. The van der Waals surface area contributed by atoms with E-state index >= 15 is 0 Å². The molecule has 1 heterocycles. The van der Waals surface area contributed by atoms with E-state index in [0.717, 1.165) is 11.1 Å². The molecule has 1 unspecified atom stereocenters. The minimum absolute atomic E-state index is 0.0228. The molecule has 0 radical (unpaired) electrons. The topological polar surface area (TPSA) is 89.8 Å². The lowest BCUT2D eigenvalue weighted by Crippen LogP contribution is -2.15. The van der Waals surface area contributed by atoms with Gasteiger partial charge in [-0.15, -0.1) is 5.10 Å². The summed E-state index contributed by atoms with van der Waals surface area (Å²) in [5.74, 6) is -0.134. The molecule has 1 N–H and O–H groups in total. The fourth-order valence-corrected chi connectivity index (χ4v) is 3.56. The number of carbonyl (C=O) groups excluding carboxylic acids is 2. The van der Waals surface area contributed by atoms with Crippen LogP contribution in [0, 0.1) is 13.8 Å². The van der Waals surface area contributed by atoms with Crippen LogP contribution in [0.1, 0.15) is 35.3 Å². The van der Waals surface area contributed by atoms with Crippen molar-refractivity contribution in [3.05, 3.63) is 59.2 Å². The summed E-state index contributed by atoms with van der Waals surface area (Å²) < 4.78 is 1.56. The van der Waals surface area contributed by atoms with Crippen LogP contribution in [0.25, 0.3) is 5.69 Å². The maximum absolute atomic E-state index is 12.8. The summed E-state index contributed by atoms with van der Waals surface area (Å²) in [5.41, 5.74) is 4.26. The Hall–Kier alpha value is -3.00. The first-order chi connectivity index (χ1) is 13.3. The van der Waals surface area contributed by atoms with E-state index in [9.17, 15) is 9.59 Å². The lowest BCUT2D eigenvalue weighted by atomic mass is 10.0. The molecule has 1 amide bonds. The first-order valence-electron chi connectivity index (χ1n) is 8.79. The van der Waals surface area contributed by atoms with Crippen molar-refractivity contribution in [1.82, 2.24) is 20.2 Å². The zero-order valence-corrected chi connectivity index (χ0v) is 16.9. The Labute approximate surface area is 167 Å². The number of nitrogens with one attached hydrogen (secondary N) is 1. The van der Waals surface area contributed by atoms with E-state index in [-0.39, 0.29) is 16.9 Å². The van der Waals surface area contributed by atoms with E-state index in [1.165, 1.54) is 18.7 Å². The number of tetrazole rings is 1. The van der Waals surface area contributed by atoms with E-state index in [2.05, 4.69) is 20.8 Å². The average molecular weight is 395 g/mol. The molecule has 1 aromatic heterocycles. The Morgan fingerprint density at radius 3 is 2.61 bits per heavy atom. The average Bonchev–Trinajstić information content (AvgIpc) is 3.11. The second kappa shape index (κ2) is 8.35. The molecule has 3 aromatic rings. The molecule has 0 saturated heterocycles. The van der Waals surface area contributed by atoms with Crippen LogP contribution in [-0.2, 0) is 4.79 Å². The Bertz CT molecular complexity index is 1030. The number of aromatic nitrogens is 4. The maximum Gasteiger partial charge on any atom is 0.221 e. The summed E-state index contributed by atoms with van der Waals surface area (Å²) in [5, 5.41) is 14.7. The normalized spacial score (nSPS) is 11.9. The molecule has 0 fully saturated rings. The fraction of sp³-hybridized carbons (Fsp3) is 0.250. The van der Waals surface area contributed by atoms with Crippen LogP contribution < -0.4 is 5.32 Å². The smallest absolute Gasteiger partial charge is 0.221 e. The largest absolute Gasteiger partial charge is 0.326 e. The predicted molar refractivity (Wildman–Crippen MR) is 109 cm³/mol. The molecular formula is C20H21N5O2S. The molecule has 0 saturated carbocycles. The summed E-state index contributed by atoms with van der Waals surface area (Å²) in [6, 6.07) is 12.9. The van der Waals surface area contributed by atoms with Gasteiger partial charge in [-0.2, -0.15) is 4.68 Å². The second-order valence-electron chi connectivity index (χ2n) is 6.53. The highest BCUT2D eigenvalue weighted by atomic mass is 32.2. The number of amides is 1. The summed E-state index contributed by atoms with van der Waals surface area (Å²) >= 11 is 1.29. The molecule has 0 bridgehead atoms. The van der Waals surface area contributed by atoms with Crippen molar-refractivity contribution in [3.8, 4) is 5.69 Å². The minimum Gasteiger partial charge on any atom is -0.326 e. The Kier molecular flexibility index (Phi) is 5.89. The fourth-order valence-electron chi connectivity index (χ4n) is 2.67. The molecular weight excluding hydrogens is 374 g/mol. The Morgan fingerprint density at radius 1 is 1.11 bits per heavy atom. The van der Waals surface area contributed by atoms with Gasteiger partial charge in [0.1, 0.15) is 0 Å². The number of aryl methyl sites for hydroxylation is 2. The van der Waals surface area contributed by atoms with Crippen LogP contribution in [0.2, 0.25) is 0 Å². The molecule has 7 nitrogen and oxygen atoms in total.